The van der Waals surface area contributed by atoms with Crippen molar-refractivity contribution in [2.75, 3.05) is 7.11 Å². The SMILES string of the molecule is CCC(Br)Cc1nc(Cl)c(C=O)n1Cc1ccc(-c2ccccc2C(=O)OC)cc1. The van der Waals surface area contributed by atoms with Crippen molar-refractivity contribution in [1.82, 2.24) is 9.55 Å². The first kappa shape index (κ1) is 22.2. The molecule has 2 aromatic carbocycles. The van der Waals surface area contributed by atoms with Gasteiger partial charge in [0.15, 0.2) is 11.4 Å². The first-order valence-electron chi connectivity index (χ1n) is 9.59. The molecule has 0 spiro atoms. The van der Waals surface area contributed by atoms with E-state index in [1.54, 1.807) is 6.07 Å². The van der Waals surface area contributed by atoms with Gasteiger partial charge in [0.1, 0.15) is 11.5 Å². The van der Waals surface area contributed by atoms with Gasteiger partial charge in [0, 0.05) is 17.8 Å². The zero-order valence-electron chi connectivity index (χ0n) is 16.8. The van der Waals surface area contributed by atoms with Crippen LogP contribution in [0.2, 0.25) is 5.15 Å². The first-order chi connectivity index (χ1) is 14.5. The Balaban J connectivity index is 1.91. The number of ether oxygens (including phenoxy) is 1. The number of carbonyl (C=O) groups is 2. The minimum atomic E-state index is -0.372. The largest absolute Gasteiger partial charge is 0.465 e. The molecule has 0 radical (unpaired) electrons. The summed E-state index contributed by atoms with van der Waals surface area (Å²) in [6, 6.07) is 15.2. The lowest BCUT2D eigenvalue weighted by atomic mass is 9.98. The summed E-state index contributed by atoms with van der Waals surface area (Å²) in [6.45, 7) is 2.56. The Morgan fingerprint density at radius 2 is 1.93 bits per heavy atom. The molecule has 0 aliphatic carbocycles. The molecule has 0 bridgehead atoms. The summed E-state index contributed by atoms with van der Waals surface area (Å²) in [5, 5.41) is 0.222. The highest BCUT2D eigenvalue weighted by Gasteiger charge is 2.18. The fourth-order valence-electron chi connectivity index (χ4n) is 3.26. The van der Waals surface area contributed by atoms with Crippen LogP contribution in [0.5, 0.6) is 0 Å². The van der Waals surface area contributed by atoms with E-state index in [1.807, 2.05) is 47.0 Å². The Kier molecular flexibility index (Phi) is 7.45. The van der Waals surface area contributed by atoms with Crippen LogP contribution in [0.4, 0.5) is 0 Å². The van der Waals surface area contributed by atoms with Crippen molar-refractivity contribution in [1.29, 1.82) is 0 Å². The molecule has 0 amide bonds. The van der Waals surface area contributed by atoms with E-state index < -0.39 is 0 Å². The lowest BCUT2D eigenvalue weighted by molar-refractivity contribution is 0.0601. The van der Waals surface area contributed by atoms with Gasteiger partial charge in [-0.25, -0.2) is 9.78 Å². The number of rotatable bonds is 8. The molecule has 7 heteroatoms. The molecule has 3 aromatic rings. The summed E-state index contributed by atoms with van der Waals surface area (Å²) >= 11 is 9.81. The van der Waals surface area contributed by atoms with Crippen LogP contribution in [0.1, 0.15) is 45.6 Å². The van der Waals surface area contributed by atoms with Crippen molar-refractivity contribution in [3.05, 3.63) is 76.3 Å². The van der Waals surface area contributed by atoms with Crippen molar-refractivity contribution in [3.63, 3.8) is 0 Å². The zero-order valence-corrected chi connectivity index (χ0v) is 19.1. The Labute approximate surface area is 189 Å². The summed E-state index contributed by atoms with van der Waals surface area (Å²) in [4.78, 5) is 28.3. The second kappa shape index (κ2) is 10.0. The number of esters is 1. The van der Waals surface area contributed by atoms with Gasteiger partial charge in [-0.1, -0.05) is 76.9 Å². The van der Waals surface area contributed by atoms with Crippen molar-refractivity contribution < 1.29 is 14.3 Å². The number of imidazole rings is 1. The number of nitrogens with zero attached hydrogens (tertiary/aromatic N) is 2. The number of hydrogen-bond acceptors (Lipinski definition) is 4. The van der Waals surface area contributed by atoms with Crippen LogP contribution in [0, 0.1) is 0 Å². The van der Waals surface area contributed by atoms with Gasteiger partial charge in [-0.15, -0.1) is 0 Å². The number of methoxy groups -OCH3 is 1. The lowest BCUT2D eigenvalue weighted by Gasteiger charge is -2.13. The summed E-state index contributed by atoms with van der Waals surface area (Å²) in [5.41, 5.74) is 3.60. The van der Waals surface area contributed by atoms with E-state index in [1.165, 1.54) is 7.11 Å². The molecule has 1 unspecified atom stereocenters. The topological polar surface area (TPSA) is 61.2 Å². The lowest BCUT2D eigenvalue weighted by Crippen LogP contribution is -2.12. The Morgan fingerprint density at radius 1 is 1.23 bits per heavy atom. The quantitative estimate of drug-likeness (QED) is 0.236. The average Bonchev–Trinajstić information content (AvgIpc) is 3.07. The minimum Gasteiger partial charge on any atom is -0.465 e. The predicted octanol–water partition coefficient (Wildman–Crippen LogP) is 5.57. The third kappa shape index (κ3) is 4.82. The number of carbonyl (C=O) groups excluding carboxylic acids is 2. The van der Waals surface area contributed by atoms with Crippen LogP contribution in [0.3, 0.4) is 0 Å². The third-order valence-electron chi connectivity index (χ3n) is 4.94. The van der Waals surface area contributed by atoms with Gasteiger partial charge in [0.25, 0.3) is 0 Å². The van der Waals surface area contributed by atoms with E-state index in [2.05, 4.69) is 27.8 Å². The summed E-state index contributed by atoms with van der Waals surface area (Å²) in [7, 11) is 1.37. The van der Waals surface area contributed by atoms with Crippen LogP contribution < -0.4 is 0 Å². The highest BCUT2D eigenvalue weighted by atomic mass is 79.9. The van der Waals surface area contributed by atoms with Crippen molar-refractivity contribution >= 4 is 39.8 Å². The van der Waals surface area contributed by atoms with Gasteiger partial charge in [-0.05, 0) is 29.2 Å². The van der Waals surface area contributed by atoms with Gasteiger partial charge in [0.2, 0.25) is 0 Å². The van der Waals surface area contributed by atoms with Crippen LogP contribution in [-0.4, -0.2) is 33.7 Å². The monoisotopic (exact) mass is 488 g/mol. The van der Waals surface area contributed by atoms with E-state index in [-0.39, 0.29) is 15.9 Å². The number of halogens is 2. The fraction of sp³-hybridized carbons (Fsp3) is 0.261. The molecule has 0 saturated carbocycles. The minimum absolute atomic E-state index is 0.222. The number of aromatic nitrogens is 2. The Hall–Kier alpha value is -2.44. The second-order valence-corrected chi connectivity index (χ2v) is 8.50. The van der Waals surface area contributed by atoms with Crippen molar-refractivity contribution in [2.24, 2.45) is 0 Å². The molecule has 0 saturated heterocycles. The number of hydrogen-bond donors (Lipinski definition) is 0. The normalized spacial score (nSPS) is 11.9. The Bertz CT molecular complexity index is 1050. The van der Waals surface area contributed by atoms with Crippen LogP contribution in [-0.2, 0) is 17.7 Å². The molecule has 30 heavy (non-hydrogen) atoms. The molecule has 1 heterocycles. The molecule has 1 atom stereocenters. The highest BCUT2D eigenvalue weighted by molar-refractivity contribution is 9.09. The van der Waals surface area contributed by atoms with Gasteiger partial charge in [-0.2, -0.15) is 0 Å². The summed E-state index contributed by atoms with van der Waals surface area (Å²) < 4.78 is 6.74. The van der Waals surface area contributed by atoms with Crippen molar-refractivity contribution in [2.45, 2.75) is 31.1 Å². The van der Waals surface area contributed by atoms with E-state index in [9.17, 15) is 9.59 Å². The molecule has 1 aromatic heterocycles. The second-order valence-electron chi connectivity index (χ2n) is 6.85. The molecule has 0 fully saturated rings. The summed E-state index contributed by atoms with van der Waals surface area (Å²) in [6.07, 6.45) is 2.36. The van der Waals surface area contributed by atoms with Crippen LogP contribution in [0.15, 0.2) is 48.5 Å². The van der Waals surface area contributed by atoms with E-state index >= 15 is 0 Å². The maximum absolute atomic E-state index is 12.1. The maximum Gasteiger partial charge on any atom is 0.338 e. The number of benzene rings is 2. The van der Waals surface area contributed by atoms with Gasteiger partial charge >= 0.3 is 5.97 Å². The van der Waals surface area contributed by atoms with Gasteiger partial charge in [0.05, 0.1) is 12.7 Å². The maximum atomic E-state index is 12.1. The first-order valence-corrected chi connectivity index (χ1v) is 10.9. The molecule has 156 valence electrons. The molecule has 0 aliphatic heterocycles. The van der Waals surface area contributed by atoms with E-state index in [0.29, 0.717) is 24.2 Å². The van der Waals surface area contributed by atoms with E-state index in [0.717, 1.165) is 35.2 Å². The third-order valence-corrected chi connectivity index (χ3v) is 6.19. The molecular formula is C23H22BrClN2O3. The molecule has 3 rings (SSSR count). The number of alkyl halides is 1. The zero-order chi connectivity index (χ0) is 21.7. The smallest absolute Gasteiger partial charge is 0.338 e. The predicted molar refractivity (Wildman–Crippen MR) is 122 cm³/mol. The van der Waals surface area contributed by atoms with E-state index in [4.69, 9.17) is 16.3 Å². The van der Waals surface area contributed by atoms with Crippen LogP contribution in [0.25, 0.3) is 11.1 Å². The number of aldehydes is 1. The van der Waals surface area contributed by atoms with Crippen molar-refractivity contribution in [3.8, 4) is 11.1 Å². The average molecular weight is 490 g/mol. The molecule has 5 nitrogen and oxygen atoms in total. The molecular weight excluding hydrogens is 468 g/mol. The molecule has 0 aliphatic rings. The van der Waals surface area contributed by atoms with Gasteiger partial charge in [-0.3, -0.25) is 4.79 Å². The molecule has 0 N–H and O–H groups in total. The highest BCUT2D eigenvalue weighted by Crippen LogP contribution is 2.26. The Morgan fingerprint density at radius 3 is 2.57 bits per heavy atom. The van der Waals surface area contributed by atoms with Gasteiger partial charge < -0.3 is 9.30 Å². The fourth-order valence-corrected chi connectivity index (χ4v) is 3.80. The summed E-state index contributed by atoms with van der Waals surface area (Å²) in [5.74, 6) is 0.397. The van der Waals surface area contributed by atoms with Crippen LogP contribution >= 0.6 is 27.5 Å². The standard InChI is InChI=1S/C23H22BrClN2O3/c1-3-17(24)12-21-26-22(25)20(14-28)27(21)13-15-8-10-16(11-9-15)18-6-4-5-7-19(18)23(29)30-2/h4-11,14,17H,3,12-13H2,1-2H3.